The Morgan fingerprint density at radius 1 is 1.20 bits per heavy atom. The number of nitrogens with zero attached hydrogens (tertiary/aromatic N) is 2. The van der Waals surface area contributed by atoms with Crippen LogP contribution in [0.2, 0.25) is 0 Å². The van der Waals surface area contributed by atoms with Crippen LogP contribution < -0.4 is 10.6 Å². The molecule has 0 bridgehead atoms. The summed E-state index contributed by atoms with van der Waals surface area (Å²) in [5, 5.41) is 0. The van der Waals surface area contributed by atoms with Gasteiger partial charge in [0.25, 0.3) is 0 Å². The van der Waals surface area contributed by atoms with E-state index in [9.17, 15) is 13.2 Å². The third kappa shape index (κ3) is 4.75. The number of halogens is 3. The molecule has 0 aromatic heterocycles. The molecule has 1 aliphatic heterocycles. The minimum atomic E-state index is -4.46. The summed E-state index contributed by atoms with van der Waals surface area (Å²) in [5.41, 5.74) is 8.53. The van der Waals surface area contributed by atoms with E-state index in [1.165, 1.54) is 6.07 Å². The molecular formula is C24H28F3N3. The van der Waals surface area contributed by atoms with Crippen molar-refractivity contribution in [2.24, 2.45) is 10.7 Å². The van der Waals surface area contributed by atoms with Gasteiger partial charge in [0.2, 0.25) is 0 Å². The molecule has 6 heteroatoms. The first-order chi connectivity index (χ1) is 14.2. The van der Waals surface area contributed by atoms with Gasteiger partial charge in [-0.1, -0.05) is 36.9 Å². The highest BCUT2D eigenvalue weighted by molar-refractivity contribution is 6.05. The Labute approximate surface area is 176 Å². The van der Waals surface area contributed by atoms with Crippen molar-refractivity contribution in [3.05, 3.63) is 71.3 Å². The highest BCUT2D eigenvalue weighted by atomic mass is 19.4. The number of aliphatic imine (C=N–C) groups is 1. The van der Waals surface area contributed by atoms with Crippen LogP contribution >= 0.6 is 0 Å². The molecule has 0 saturated carbocycles. The smallest absolute Gasteiger partial charge is 0.368 e. The maximum absolute atomic E-state index is 13.9. The van der Waals surface area contributed by atoms with Gasteiger partial charge in [-0.15, -0.1) is 0 Å². The Hall–Kier alpha value is -2.60. The number of piperidine rings is 1. The highest BCUT2D eigenvalue weighted by Crippen LogP contribution is 2.39. The molecule has 1 aliphatic rings. The van der Waals surface area contributed by atoms with Crippen molar-refractivity contribution in [3.8, 4) is 0 Å². The van der Waals surface area contributed by atoms with Crippen LogP contribution in [-0.2, 0) is 6.18 Å². The standard InChI is InChI=1S/C24H28F3N3/c1-16-8-4-5-10-20(16)18(3)29-22(15-28)19-11-12-23(21(14-19)24(25,26)27)30-13-7-6-9-17(30)2/h4-5,8,10-12,14,17H,3,6-7,9,13,15,28H2,1-2H3. The van der Waals surface area contributed by atoms with Crippen molar-refractivity contribution in [2.75, 3.05) is 18.0 Å². The molecule has 2 N–H and O–H groups in total. The zero-order valence-electron chi connectivity index (χ0n) is 17.5. The first-order valence-corrected chi connectivity index (χ1v) is 10.2. The van der Waals surface area contributed by atoms with E-state index < -0.39 is 11.7 Å². The third-order valence-electron chi connectivity index (χ3n) is 5.67. The van der Waals surface area contributed by atoms with Crippen LogP contribution in [0.15, 0.2) is 54.0 Å². The van der Waals surface area contributed by atoms with Crippen LogP contribution in [0.25, 0.3) is 5.70 Å². The number of rotatable bonds is 5. The molecule has 2 aromatic carbocycles. The molecule has 3 nitrogen and oxygen atoms in total. The fourth-order valence-electron chi connectivity index (χ4n) is 4.00. The molecule has 1 fully saturated rings. The minimum absolute atomic E-state index is 0.0155. The second kappa shape index (κ2) is 9.04. The van der Waals surface area contributed by atoms with Gasteiger partial charge < -0.3 is 10.6 Å². The zero-order chi connectivity index (χ0) is 21.9. The van der Waals surface area contributed by atoms with Crippen molar-refractivity contribution in [1.82, 2.24) is 0 Å². The first-order valence-electron chi connectivity index (χ1n) is 10.2. The number of hydrogen-bond acceptors (Lipinski definition) is 3. The molecule has 160 valence electrons. The van der Waals surface area contributed by atoms with Gasteiger partial charge in [-0.2, -0.15) is 13.2 Å². The summed E-state index contributed by atoms with van der Waals surface area (Å²) in [5.74, 6) is 0. The molecule has 2 aromatic rings. The quantitative estimate of drug-likeness (QED) is 0.626. The molecule has 0 amide bonds. The maximum Gasteiger partial charge on any atom is 0.418 e. The summed E-state index contributed by atoms with van der Waals surface area (Å²) in [7, 11) is 0. The second-order valence-corrected chi connectivity index (χ2v) is 7.79. The summed E-state index contributed by atoms with van der Waals surface area (Å²) >= 11 is 0. The lowest BCUT2D eigenvalue weighted by atomic mass is 9.98. The molecule has 3 rings (SSSR count). The minimum Gasteiger partial charge on any atom is -0.368 e. The Kier molecular flexibility index (Phi) is 6.66. The third-order valence-corrected chi connectivity index (χ3v) is 5.67. The molecule has 1 saturated heterocycles. The molecule has 1 atom stereocenters. The van der Waals surface area contributed by atoms with Crippen molar-refractivity contribution in [2.45, 2.75) is 45.3 Å². The lowest BCUT2D eigenvalue weighted by Crippen LogP contribution is -2.38. The Bertz CT molecular complexity index is 947. The lowest BCUT2D eigenvalue weighted by molar-refractivity contribution is -0.137. The monoisotopic (exact) mass is 415 g/mol. The van der Waals surface area contributed by atoms with Crippen LogP contribution in [0.4, 0.5) is 18.9 Å². The van der Waals surface area contributed by atoms with Crippen LogP contribution in [-0.4, -0.2) is 24.8 Å². The van der Waals surface area contributed by atoms with Crippen molar-refractivity contribution in [3.63, 3.8) is 0 Å². The average Bonchev–Trinajstić information content (AvgIpc) is 2.71. The second-order valence-electron chi connectivity index (χ2n) is 7.79. The first kappa shape index (κ1) is 22.1. The zero-order valence-corrected chi connectivity index (χ0v) is 17.5. The number of anilines is 1. The summed E-state index contributed by atoms with van der Waals surface area (Å²) in [4.78, 5) is 6.36. The largest absolute Gasteiger partial charge is 0.418 e. The predicted molar refractivity (Wildman–Crippen MR) is 118 cm³/mol. The molecule has 1 heterocycles. The maximum atomic E-state index is 13.9. The van der Waals surface area contributed by atoms with Crippen molar-refractivity contribution >= 4 is 17.1 Å². The molecule has 0 aliphatic carbocycles. The Morgan fingerprint density at radius 3 is 2.57 bits per heavy atom. The van der Waals surface area contributed by atoms with Gasteiger partial charge in [-0.25, -0.2) is 0 Å². The van der Waals surface area contributed by atoms with Crippen LogP contribution in [0.3, 0.4) is 0 Å². The molecule has 30 heavy (non-hydrogen) atoms. The molecule has 0 radical (unpaired) electrons. The van der Waals surface area contributed by atoms with Crippen LogP contribution in [0, 0.1) is 6.92 Å². The van der Waals surface area contributed by atoms with E-state index >= 15 is 0 Å². The van der Waals surface area contributed by atoms with Crippen molar-refractivity contribution < 1.29 is 13.2 Å². The van der Waals surface area contributed by atoms with E-state index in [-0.39, 0.29) is 18.3 Å². The number of alkyl halides is 3. The van der Waals surface area contributed by atoms with E-state index in [1.54, 1.807) is 12.1 Å². The summed E-state index contributed by atoms with van der Waals surface area (Å²) in [6.45, 7) is 8.56. The predicted octanol–water partition coefficient (Wildman–Crippen LogP) is 5.81. The van der Waals surface area contributed by atoms with Crippen molar-refractivity contribution in [1.29, 1.82) is 0 Å². The SMILES string of the molecule is C=C(N=C(CN)c1ccc(N2CCCCC2C)c(C(F)(F)F)c1)c1ccccc1C. The van der Waals surface area contributed by atoms with Gasteiger partial charge in [0, 0.05) is 30.4 Å². The van der Waals surface area contributed by atoms with Gasteiger partial charge in [0.05, 0.1) is 17.0 Å². The molecular weight excluding hydrogens is 387 g/mol. The van der Waals surface area contributed by atoms with E-state index in [0.29, 0.717) is 23.5 Å². The fourth-order valence-corrected chi connectivity index (χ4v) is 4.00. The number of benzene rings is 2. The van der Waals surface area contributed by atoms with Crippen LogP contribution in [0.5, 0.6) is 0 Å². The van der Waals surface area contributed by atoms with Gasteiger partial charge in [0.1, 0.15) is 0 Å². The van der Waals surface area contributed by atoms with Gasteiger partial charge in [0.15, 0.2) is 0 Å². The fraction of sp³-hybridized carbons (Fsp3) is 0.375. The number of aryl methyl sites for hydroxylation is 1. The normalized spacial score (nSPS) is 17.9. The Balaban J connectivity index is 2.02. The number of nitrogens with two attached hydrogens (primary N) is 1. The van der Waals surface area contributed by atoms with E-state index in [2.05, 4.69) is 11.6 Å². The van der Waals surface area contributed by atoms with Crippen LogP contribution in [0.1, 0.15) is 48.4 Å². The summed E-state index contributed by atoms with van der Waals surface area (Å²) < 4.78 is 41.8. The van der Waals surface area contributed by atoms with Gasteiger partial charge in [-0.3, -0.25) is 4.99 Å². The summed E-state index contributed by atoms with van der Waals surface area (Å²) in [6.07, 6.45) is -1.63. The molecule has 1 unspecified atom stereocenters. The average molecular weight is 416 g/mol. The summed E-state index contributed by atoms with van der Waals surface area (Å²) in [6, 6.07) is 12.1. The molecule has 0 spiro atoms. The Morgan fingerprint density at radius 2 is 1.93 bits per heavy atom. The van der Waals surface area contributed by atoms with E-state index in [1.807, 2.05) is 43.0 Å². The highest BCUT2D eigenvalue weighted by Gasteiger charge is 2.36. The van der Waals surface area contributed by atoms with Gasteiger partial charge in [-0.05, 0) is 56.4 Å². The van der Waals surface area contributed by atoms with Gasteiger partial charge >= 0.3 is 6.18 Å². The van der Waals surface area contributed by atoms with E-state index in [4.69, 9.17) is 5.73 Å². The lowest BCUT2D eigenvalue weighted by Gasteiger charge is -2.37. The topological polar surface area (TPSA) is 41.6 Å². The van der Waals surface area contributed by atoms with E-state index in [0.717, 1.165) is 30.4 Å². The number of hydrogen-bond donors (Lipinski definition) is 1.